The van der Waals surface area contributed by atoms with Gasteiger partial charge in [0.25, 0.3) is 0 Å². The van der Waals surface area contributed by atoms with Crippen LogP contribution in [-0.2, 0) is 6.54 Å². The second-order valence-corrected chi connectivity index (χ2v) is 5.49. The van der Waals surface area contributed by atoms with Crippen molar-refractivity contribution in [3.63, 3.8) is 0 Å². The second kappa shape index (κ2) is 7.99. The minimum absolute atomic E-state index is 0.107. The Morgan fingerprint density at radius 3 is 3.19 bits per heavy atom. The van der Waals surface area contributed by atoms with Crippen LogP contribution in [0.3, 0.4) is 0 Å². The lowest BCUT2D eigenvalue weighted by Crippen LogP contribution is -2.47. The third kappa shape index (κ3) is 4.71. The van der Waals surface area contributed by atoms with E-state index in [-0.39, 0.29) is 18.7 Å². The first-order valence-corrected chi connectivity index (χ1v) is 7.53. The Morgan fingerprint density at radius 2 is 2.48 bits per heavy atom. The van der Waals surface area contributed by atoms with Gasteiger partial charge in [-0.3, -0.25) is 4.90 Å². The molecule has 7 heteroatoms. The van der Waals surface area contributed by atoms with Gasteiger partial charge in [0.1, 0.15) is 5.82 Å². The van der Waals surface area contributed by atoms with Crippen molar-refractivity contribution in [1.29, 1.82) is 0 Å². The number of aromatic nitrogens is 2. The number of H-pyrrole nitrogens is 1. The Bertz CT molecular complexity index is 423. The molecule has 1 aliphatic rings. The number of likely N-dealkylation sites (tertiary alicyclic amines) is 1. The van der Waals surface area contributed by atoms with E-state index in [2.05, 4.69) is 20.2 Å². The third-order valence-electron chi connectivity index (χ3n) is 3.92. The molecule has 2 heterocycles. The van der Waals surface area contributed by atoms with Crippen LogP contribution in [-0.4, -0.2) is 70.2 Å². The van der Waals surface area contributed by atoms with Crippen LogP contribution in [0.1, 0.15) is 25.1 Å². The van der Waals surface area contributed by atoms with E-state index < -0.39 is 0 Å². The molecule has 7 nitrogen and oxygen atoms in total. The van der Waals surface area contributed by atoms with Gasteiger partial charge in [-0.25, -0.2) is 9.78 Å². The van der Waals surface area contributed by atoms with Crippen LogP contribution in [0.15, 0.2) is 12.4 Å². The zero-order chi connectivity index (χ0) is 15.1. The van der Waals surface area contributed by atoms with Crippen molar-refractivity contribution in [3.05, 3.63) is 18.2 Å². The maximum atomic E-state index is 12.0. The molecule has 1 fully saturated rings. The summed E-state index contributed by atoms with van der Waals surface area (Å²) in [5.41, 5.74) is 0. The van der Waals surface area contributed by atoms with Crippen LogP contribution in [0.25, 0.3) is 0 Å². The van der Waals surface area contributed by atoms with E-state index in [1.807, 2.05) is 0 Å². The predicted molar refractivity (Wildman–Crippen MR) is 79.8 cm³/mol. The minimum Gasteiger partial charge on any atom is -0.395 e. The molecule has 118 valence electrons. The number of aromatic amines is 1. The molecular formula is C14H25N5O2. The fourth-order valence-corrected chi connectivity index (χ4v) is 2.68. The van der Waals surface area contributed by atoms with Crippen LogP contribution in [0, 0.1) is 0 Å². The molecule has 0 aromatic carbocycles. The number of imidazole rings is 1. The Labute approximate surface area is 125 Å². The van der Waals surface area contributed by atoms with E-state index in [1.165, 1.54) is 12.8 Å². The zero-order valence-electron chi connectivity index (χ0n) is 12.6. The molecule has 1 aromatic heterocycles. The van der Waals surface area contributed by atoms with Crippen molar-refractivity contribution in [2.75, 3.05) is 33.3 Å². The number of rotatable bonds is 6. The molecule has 1 saturated heterocycles. The molecule has 3 N–H and O–H groups in total. The van der Waals surface area contributed by atoms with Gasteiger partial charge in [-0.15, -0.1) is 0 Å². The SMILES string of the molecule is CN(Cc1ncc[nH]1)C(=O)NCCN1CCCCC1CO. The van der Waals surface area contributed by atoms with Gasteiger partial charge in [-0.2, -0.15) is 0 Å². The van der Waals surface area contributed by atoms with E-state index in [4.69, 9.17) is 0 Å². The topological polar surface area (TPSA) is 84.5 Å². The molecular weight excluding hydrogens is 270 g/mol. The average molecular weight is 295 g/mol. The van der Waals surface area contributed by atoms with Crippen LogP contribution in [0.2, 0.25) is 0 Å². The van der Waals surface area contributed by atoms with Gasteiger partial charge in [0, 0.05) is 38.6 Å². The Hall–Kier alpha value is -1.60. The molecule has 1 atom stereocenters. The highest BCUT2D eigenvalue weighted by Crippen LogP contribution is 2.15. The summed E-state index contributed by atoms with van der Waals surface area (Å²) in [6, 6.07) is 0.139. The van der Waals surface area contributed by atoms with Gasteiger partial charge in [-0.1, -0.05) is 6.42 Å². The van der Waals surface area contributed by atoms with Gasteiger partial charge in [0.05, 0.1) is 13.2 Å². The van der Waals surface area contributed by atoms with Crippen LogP contribution >= 0.6 is 0 Å². The number of hydrogen-bond acceptors (Lipinski definition) is 4. The van der Waals surface area contributed by atoms with E-state index >= 15 is 0 Å². The summed E-state index contributed by atoms with van der Waals surface area (Å²) in [6.07, 6.45) is 6.81. The molecule has 0 spiro atoms. The fourth-order valence-electron chi connectivity index (χ4n) is 2.68. The van der Waals surface area contributed by atoms with Crippen molar-refractivity contribution >= 4 is 6.03 Å². The second-order valence-electron chi connectivity index (χ2n) is 5.49. The quantitative estimate of drug-likeness (QED) is 0.709. The lowest BCUT2D eigenvalue weighted by Gasteiger charge is -2.34. The number of aliphatic hydroxyl groups is 1. The summed E-state index contributed by atoms with van der Waals surface area (Å²) in [7, 11) is 1.75. The maximum Gasteiger partial charge on any atom is 0.317 e. The van der Waals surface area contributed by atoms with Crippen LogP contribution in [0.5, 0.6) is 0 Å². The summed E-state index contributed by atoms with van der Waals surface area (Å²) in [6.45, 7) is 3.04. The molecule has 1 unspecified atom stereocenters. The normalized spacial score (nSPS) is 19.4. The molecule has 0 radical (unpaired) electrons. The lowest BCUT2D eigenvalue weighted by atomic mass is 10.0. The Balaban J connectivity index is 1.68. The minimum atomic E-state index is -0.107. The molecule has 21 heavy (non-hydrogen) atoms. The summed E-state index contributed by atoms with van der Waals surface area (Å²) in [4.78, 5) is 22.9. The molecule has 1 aliphatic heterocycles. The summed E-state index contributed by atoms with van der Waals surface area (Å²) < 4.78 is 0. The van der Waals surface area contributed by atoms with Crippen LogP contribution in [0.4, 0.5) is 4.79 Å². The highest BCUT2D eigenvalue weighted by Gasteiger charge is 2.21. The average Bonchev–Trinajstić information content (AvgIpc) is 3.00. The lowest BCUT2D eigenvalue weighted by molar-refractivity contribution is 0.0911. The smallest absolute Gasteiger partial charge is 0.317 e. The summed E-state index contributed by atoms with van der Waals surface area (Å²) in [5.74, 6) is 0.768. The van der Waals surface area contributed by atoms with Crippen molar-refractivity contribution in [2.24, 2.45) is 0 Å². The van der Waals surface area contributed by atoms with Gasteiger partial charge in [0.15, 0.2) is 0 Å². The van der Waals surface area contributed by atoms with E-state index in [0.29, 0.717) is 13.1 Å². The molecule has 2 amide bonds. The number of aliphatic hydroxyl groups excluding tert-OH is 1. The first-order valence-electron chi connectivity index (χ1n) is 7.53. The van der Waals surface area contributed by atoms with E-state index in [9.17, 15) is 9.90 Å². The fraction of sp³-hybridized carbons (Fsp3) is 0.714. The number of nitrogens with one attached hydrogen (secondary N) is 2. The van der Waals surface area contributed by atoms with Gasteiger partial charge >= 0.3 is 6.03 Å². The third-order valence-corrected chi connectivity index (χ3v) is 3.92. The molecule has 0 aliphatic carbocycles. The number of hydrogen-bond donors (Lipinski definition) is 3. The first-order chi connectivity index (χ1) is 10.2. The summed E-state index contributed by atoms with van der Waals surface area (Å²) >= 11 is 0. The number of carbonyl (C=O) groups is 1. The highest BCUT2D eigenvalue weighted by molar-refractivity contribution is 5.73. The summed E-state index contributed by atoms with van der Waals surface area (Å²) in [5, 5.41) is 12.3. The number of nitrogens with zero attached hydrogens (tertiary/aromatic N) is 3. The number of carbonyl (C=O) groups excluding carboxylic acids is 1. The first kappa shape index (κ1) is 15.8. The maximum absolute atomic E-state index is 12.0. The largest absolute Gasteiger partial charge is 0.395 e. The van der Waals surface area contributed by atoms with Gasteiger partial charge in [0.2, 0.25) is 0 Å². The van der Waals surface area contributed by atoms with Crippen molar-refractivity contribution in [1.82, 2.24) is 25.1 Å². The Kier molecular flexibility index (Phi) is 6.01. The van der Waals surface area contributed by atoms with Crippen molar-refractivity contribution in [2.45, 2.75) is 31.8 Å². The van der Waals surface area contributed by atoms with Crippen LogP contribution < -0.4 is 5.32 Å². The number of piperidine rings is 1. The van der Waals surface area contributed by atoms with Gasteiger partial charge in [-0.05, 0) is 19.4 Å². The van der Waals surface area contributed by atoms with Crippen molar-refractivity contribution < 1.29 is 9.90 Å². The Morgan fingerprint density at radius 1 is 1.62 bits per heavy atom. The van der Waals surface area contributed by atoms with Gasteiger partial charge < -0.3 is 20.3 Å². The molecule has 1 aromatic rings. The monoisotopic (exact) mass is 295 g/mol. The zero-order valence-corrected chi connectivity index (χ0v) is 12.6. The highest BCUT2D eigenvalue weighted by atomic mass is 16.3. The number of urea groups is 1. The van der Waals surface area contributed by atoms with E-state index in [1.54, 1.807) is 24.3 Å². The predicted octanol–water partition coefficient (Wildman–Crippen LogP) is 0.398. The number of amides is 2. The molecule has 2 rings (SSSR count). The standard InChI is InChI=1S/C14H25N5O2/c1-18(10-13-15-5-6-16-13)14(21)17-7-9-19-8-3-2-4-12(19)11-20/h5-6,12,20H,2-4,7-11H2,1H3,(H,15,16)(H,17,21). The van der Waals surface area contributed by atoms with E-state index in [0.717, 1.165) is 25.3 Å². The molecule has 0 saturated carbocycles. The molecule has 0 bridgehead atoms. The van der Waals surface area contributed by atoms with Crippen molar-refractivity contribution in [3.8, 4) is 0 Å².